The molecule has 2 aromatic heterocycles. The third kappa shape index (κ3) is 4.15. The van der Waals surface area contributed by atoms with Crippen molar-refractivity contribution in [2.24, 2.45) is 0 Å². The van der Waals surface area contributed by atoms with Crippen LogP contribution in [0.25, 0.3) is 0 Å². The molecule has 4 nitrogen and oxygen atoms in total. The van der Waals surface area contributed by atoms with Crippen molar-refractivity contribution in [3.05, 3.63) is 51.0 Å². The van der Waals surface area contributed by atoms with Gasteiger partial charge in [0.15, 0.2) is 0 Å². The fraction of sp³-hybridized carbons (Fsp3) is 0.250. The topological polar surface area (TPSA) is 62.2 Å². The summed E-state index contributed by atoms with van der Waals surface area (Å²) in [6, 6.07) is 5.42. The molecule has 5 heteroatoms. The molecule has 0 atom stereocenters. The molecule has 0 aliphatic carbocycles. The lowest BCUT2D eigenvalue weighted by Crippen LogP contribution is -2.23. The molecule has 0 saturated heterocycles. The van der Waals surface area contributed by atoms with Crippen molar-refractivity contribution in [1.82, 2.24) is 10.3 Å². The van der Waals surface area contributed by atoms with E-state index in [1.165, 1.54) is 16.6 Å². The van der Waals surface area contributed by atoms with E-state index in [0.717, 1.165) is 4.88 Å². The molecule has 2 rings (SSSR count). The van der Waals surface area contributed by atoms with Crippen LogP contribution in [0, 0.1) is 25.7 Å². The van der Waals surface area contributed by atoms with Crippen molar-refractivity contribution in [2.75, 3.05) is 6.61 Å². The zero-order valence-corrected chi connectivity index (χ0v) is 12.8. The van der Waals surface area contributed by atoms with Crippen molar-refractivity contribution in [3.8, 4) is 11.8 Å². The van der Waals surface area contributed by atoms with Crippen molar-refractivity contribution in [2.45, 2.75) is 20.4 Å². The summed E-state index contributed by atoms with van der Waals surface area (Å²) in [5.74, 6) is 5.06. The molecule has 0 aliphatic heterocycles. The maximum atomic E-state index is 12.0. The van der Waals surface area contributed by atoms with E-state index in [0.29, 0.717) is 17.8 Å². The van der Waals surface area contributed by atoms with Gasteiger partial charge in [-0.3, -0.25) is 4.79 Å². The zero-order valence-electron chi connectivity index (χ0n) is 11.9. The highest BCUT2D eigenvalue weighted by Gasteiger charge is 2.08. The summed E-state index contributed by atoms with van der Waals surface area (Å²) in [6.45, 7) is 4.44. The summed E-state index contributed by atoms with van der Waals surface area (Å²) in [6.07, 6.45) is 1.52. The van der Waals surface area contributed by atoms with Gasteiger partial charge in [0, 0.05) is 21.5 Å². The van der Waals surface area contributed by atoms with Crippen LogP contribution in [0.1, 0.15) is 31.4 Å². The molecule has 0 aliphatic rings. The van der Waals surface area contributed by atoms with Gasteiger partial charge in [0.2, 0.25) is 0 Å². The van der Waals surface area contributed by atoms with Crippen LogP contribution < -0.4 is 5.32 Å². The molecule has 0 unspecified atom stereocenters. The number of rotatable bonds is 3. The average Bonchev–Trinajstić information content (AvgIpc) is 2.82. The van der Waals surface area contributed by atoms with E-state index in [9.17, 15) is 4.79 Å². The molecule has 2 heterocycles. The number of carbonyl (C=O) groups excluding carboxylic acids is 1. The Morgan fingerprint density at radius 1 is 1.43 bits per heavy atom. The molecule has 2 aromatic rings. The first-order valence-corrected chi connectivity index (χ1v) is 7.31. The number of thiophene rings is 1. The minimum Gasteiger partial charge on any atom is -0.384 e. The molecule has 0 aromatic carbocycles. The number of nitrogens with one attached hydrogen (secondary N) is 1. The summed E-state index contributed by atoms with van der Waals surface area (Å²) in [7, 11) is 0. The molecule has 2 N–H and O–H groups in total. The number of pyridine rings is 1. The average molecular weight is 300 g/mol. The number of carbonyl (C=O) groups is 1. The van der Waals surface area contributed by atoms with Crippen molar-refractivity contribution in [3.63, 3.8) is 0 Å². The third-order valence-corrected chi connectivity index (χ3v) is 4.10. The van der Waals surface area contributed by atoms with Crippen LogP contribution in [0.2, 0.25) is 0 Å². The number of amides is 1. The summed E-state index contributed by atoms with van der Waals surface area (Å²) in [5.41, 5.74) is 2.27. The van der Waals surface area contributed by atoms with Gasteiger partial charge in [-0.1, -0.05) is 11.8 Å². The van der Waals surface area contributed by atoms with E-state index in [1.54, 1.807) is 23.5 Å². The fourth-order valence-corrected chi connectivity index (χ4v) is 2.73. The number of hydrogen-bond donors (Lipinski definition) is 2. The van der Waals surface area contributed by atoms with Gasteiger partial charge in [0.25, 0.3) is 5.91 Å². The predicted molar refractivity (Wildman–Crippen MR) is 83.2 cm³/mol. The van der Waals surface area contributed by atoms with E-state index < -0.39 is 0 Å². The second kappa shape index (κ2) is 7.02. The standard InChI is InChI=1S/C16H16N2O2S/c1-11-8-14(21-12(11)2)10-18-16(20)15-6-5-13(9-17-15)4-3-7-19/h5-6,8-9,19H,7,10H2,1-2H3,(H,18,20). The van der Waals surface area contributed by atoms with Gasteiger partial charge in [-0.15, -0.1) is 11.3 Å². The molecule has 0 spiro atoms. The molecule has 21 heavy (non-hydrogen) atoms. The van der Waals surface area contributed by atoms with E-state index >= 15 is 0 Å². The monoisotopic (exact) mass is 300 g/mol. The minimum absolute atomic E-state index is 0.193. The van der Waals surface area contributed by atoms with E-state index in [-0.39, 0.29) is 12.5 Å². The SMILES string of the molecule is Cc1cc(CNC(=O)c2ccc(C#CCO)cn2)sc1C. The van der Waals surface area contributed by atoms with Gasteiger partial charge in [0.1, 0.15) is 12.3 Å². The highest BCUT2D eigenvalue weighted by atomic mass is 32.1. The Labute approximate surface area is 127 Å². The second-order valence-corrected chi connectivity index (χ2v) is 5.87. The first-order valence-electron chi connectivity index (χ1n) is 6.50. The molecular formula is C16H16N2O2S. The lowest BCUT2D eigenvalue weighted by atomic mass is 10.2. The lowest BCUT2D eigenvalue weighted by molar-refractivity contribution is 0.0946. The van der Waals surface area contributed by atoms with Crippen LogP contribution >= 0.6 is 11.3 Å². The Bertz CT molecular complexity index is 674. The number of aliphatic hydroxyl groups excluding tert-OH is 1. The van der Waals surface area contributed by atoms with E-state index in [2.05, 4.69) is 42.1 Å². The molecule has 0 radical (unpaired) electrons. The van der Waals surface area contributed by atoms with Gasteiger partial charge in [-0.25, -0.2) is 4.98 Å². The van der Waals surface area contributed by atoms with Gasteiger partial charge >= 0.3 is 0 Å². The van der Waals surface area contributed by atoms with Gasteiger partial charge in [0.05, 0.1) is 6.54 Å². The first kappa shape index (κ1) is 15.2. The number of aryl methyl sites for hydroxylation is 2. The highest BCUT2D eigenvalue weighted by molar-refractivity contribution is 7.12. The van der Waals surface area contributed by atoms with Crippen molar-refractivity contribution in [1.29, 1.82) is 0 Å². The van der Waals surface area contributed by atoms with Crippen LogP contribution in [-0.2, 0) is 6.54 Å². The first-order chi connectivity index (χ1) is 10.1. The highest BCUT2D eigenvalue weighted by Crippen LogP contribution is 2.20. The lowest BCUT2D eigenvalue weighted by Gasteiger charge is -2.03. The Hall–Kier alpha value is -2.16. The number of aliphatic hydroxyl groups is 1. The Balaban J connectivity index is 1.97. The maximum Gasteiger partial charge on any atom is 0.270 e. The minimum atomic E-state index is -0.208. The summed E-state index contributed by atoms with van der Waals surface area (Å²) in [4.78, 5) is 18.5. The predicted octanol–water partition coefficient (Wildman–Crippen LogP) is 2.03. The van der Waals surface area contributed by atoms with Crippen LogP contribution in [0.15, 0.2) is 24.4 Å². The largest absolute Gasteiger partial charge is 0.384 e. The fourth-order valence-electron chi connectivity index (χ4n) is 1.74. The Morgan fingerprint density at radius 2 is 2.24 bits per heavy atom. The van der Waals surface area contributed by atoms with Gasteiger partial charge in [-0.2, -0.15) is 0 Å². The molecule has 0 saturated carbocycles. The van der Waals surface area contributed by atoms with Crippen molar-refractivity contribution >= 4 is 17.2 Å². The van der Waals surface area contributed by atoms with Gasteiger partial charge in [-0.05, 0) is 37.6 Å². The van der Waals surface area contributed by atoms with Crippen LogP contribution in [0.3, 0.4) is 0 Å². The second-order valence-electron chi connectivity index (χ2n) is 4.53. The normalized spacial score (nSPS) is 9.86. The van der Waals surface area contributed by atoms with Crippen LogP contribution in [0.4, 0.5) is 0 Å². The van der Waals surface area contributed by atoms with E-state index in [4.69, 9.17) is 5.11 Å². The molecule has 108 valence electrons. The van der Waals surface area contributed by atoms with Gasteiger partial charge < -0.3 is 10.4 Å². The summed E-state index contributed by atoms with van der Waals surface area (Å²) < 4.78 is 0. The molecular weight excluding hydrogens is 284 g/mol. The van der Waals surface area contributed by atoms with E-state index in [1.807, 2.05) is 0 Å². The Kier molecular flexibility index (Phi) is 5.09. The summed E-state index contributed by atoms with van der Waals surface area (Å²) in [5, 5.41) is 11.5. The Morgan fingerprint density at radius 3 is 2.81 bits per heavy atom. The molecule has 0 bridgehead atoms. The number of hydrogen-bond acceptors (Lipinski definition) is 4. The van der Waals surface area contributed by atoms with Crippen LogP contribution in [0.5, 0.6) is 0 Å². The maximum absolute atomic E-state index is 12.0. The third-order valence-electron chi connectivity index (χ3n) is 2.95. The zero-order chi connectivity index (χ0) is 15.2. The summed E-state index contributed by atoms with van der Waals surface area (Å²) >= 11 is 1.69. The van der Waals surface area contributed by atoms with Crippen LogP contribution in [-0.4, -0.2) is 22.6 Å². The quantitative estimate of drug-likeness (QED) is 0.853. The van der Waals surface area contributed by atoms with Crippen molar-refractivity contribution < 1.29 is 9.90 Å². The smallest absolute Gasteiger partial charge is 0.270 e. The molecule has 1 amide bonds. The number of nitrogens with zero attached hydrogens (tertiary/aromatic N) is 1. The number of aromatic nitrogens is 1. The molecule has 0 fully saturated rings.